The number of benzene rings is 1. The molecule has 102 valence electrons. The van der Waals surface area contributed by atoms with Crippen LogP contribution in [0.25, 0.3) is 0 Å². The van der Waals surface area contributed by atoms with Crippen molar-refractivity contribution in [2.75, 3.05) is 0 Å². The molecule has 2 aromatic rings. The fourth-order valence-electron chi connectivity index (χ4n) is 2.62. The van der Waals surface area contributed by atoms with Gasteiger partial charge < -0.3 is 4.74 Å². The van der Waals surface area contributed by atoms with Gasteiger partial charge in [0.1, 0.15) is 11.2 Å². The third-order valence-electron chi connectivity index (χ3n) is 3.63. The quantitative estimate of drug-likeness (QED) is 0.767. The van der Waals surface area contributed by atoms with Gasteiger partial charge in [-0.25, -0.2) is 0 Å². The first-order valence-corrected chi connectivity index (χ1v) is 8.18. The minimum atomic E-state index is -0.596. The predicted molar refractivity (Wildman–Crippen MR) is 83.9 cm³/mol. The van der Waals surface area contributed by atoms with Crippen molar-refractivity contribution in [2.45, 2.75) is 18.3 Å². The van der Waals surface area contributed by atoms with Gasteiger partial charge in [-0.2, -0.15) is 11.3 Å². The van der Waals surface area contributed by atoms with E-state index in [4.69, 9.17) is 4.74 Å². The minimum Gasteiger partial charge on any atom is -0.430 e. The summed E-state index contributed by atoms with van der Waals surface area (Å²) in [7, 11) is 0. The van der Waals surface area contributed by atoms with E-state index in [1.54, 1.807) is 16.3 Å². The lowest BCUT2D eigenvalue weighted by molar-refractivity contribution is -0.140. The summed E-state index contributed by atoms with van der Waals surface area (Å²) in [5.41, 5.74) is 1.59. The van der Waals surface area contributed by atoms with Gasteiger partial charge in [0.05, 0.1) is 0 Å². The number of halogens is 1. The molecule has 0 amide bonds. The van der Waals surface area contributed by atoms with Crippen LogP contribution in [0.5, 0.6) is 0 Å². The molecule has 0 aliphatic carbocycles. The van der Waals surface area contributed by atoms with Crippen molar-refractivity contribution in [1.82, 2.24) is 0 Å². The number of cyclic esters (lactones) is 1. The SMILES string of the molecule is O=C1O/C(=C\Br)C[C@]1(Cc1ccccc1)c1ccsc1. The Balaban J connectivity index is 2.03. The average Bonchev–Trinajstić information content (AvgIpc) is 3.09. The number of thiophene rings is 1. The Hall–Kier alpha value is -1.39. The van der Waals surface area contributed by atoms with Gasteiger partial charge in [0.25, 0.3) is 0 Å². The second kappa shape index (κ2) is 5.54. The normalized spacial score (nSPS) is 24.1. The van der Waals surface area contributed by atoms with Gasteiger partial charge >= 0.3 is 5.97 Å². The zero-order chi connectivity index (χ0) is 14.0. The van der Waals surface area contributed by atoms with Crippen LogP contribution in [0.2, 0.25) is 0 Å². The topological polar surface area (TPSA) is 26.3 Å². The highest BCUT2D eigenvalue weighted by Gasteiger charge is 2.48. The maximum absolute atomic E-state index is 12.5. The summed E-state index contributed by atoms with van der Waals surface area (Å²) >= 11 is 4.87. The minimum absolute atomic E-state index is 0.162. The zero-order valence-electron chi connectivity index (χ0n) is 10.7. The fraction of sp³-hybridized carbons (Fsp3) is 0.188. The first-order valence-electron chi connectivity index (χ1n) is 6.33. The summed E-state index contributed by atoms with van der Waals surface area (Å²) in [6.45, 7) is 0. The first kappa shape index (κ1) is 13.6. The molecule has 1 aliphatic heterocycles. The van der Waals surface area contributed by atoms with Crippen LogP contribution in [0.4, 0.5) is 0 Å². The largest absolute Gasteiger partial charge is 0.430 e. The first-order chi connectivity index (χ1) is 9.74. The highest BCUT2D eigenvalue weighted by Crippen LogP contribution is 2.43. The number of ether oxygens (including phenoxy) is 1. The van der Waals surface area contributed by atoms with E-state index in [2.05, 4.69) is 28.1 Å². The molecule has 1 atom stereocenters. The lowest BCUT2D eigenvalue weighted by Gasteiger charge is -2.23. The molecule has 0 spiro atoms. The standard InChI is InChI=1S/C16H13BrO2S/c17-10-14-9-16(15(18)19-14,13-6-7-20-11-13)8-12-4-2-1-3-5-12/h1-7,10-11H,8-9H2/b14-10-/t16-/m1/s1. The predicted octanol–water partition coefficient (Wildman–Crippen LogP) is 4.41. The van der Waals surface area contributed by atoms with Crippen molar-refractivity contribution < 1.29 is 9.53 Å². The Morgan fingerprint density at radius 1 is 1.30 bits per heavy atom. The van der Waals surface area contributed by atoms with E-state index in [9.17, 15) is 4.79 Å². The fourth-order valence-corrected chi connectivity index (χ4v) is 3.63. The molecule has 4 heteroatoms. The Morgan fingerprint density at radius 2 is 2.10 bits per heavy atom. The van der Waals surface area contributed by atoms with Crippen LogP contribution in [-0.4, -0.2) is 5.97 Å². The van der Waals surface area contributed by atoms with Crippen LogP contribution in [-0.2, 0) is 21.4 Å². The summed E-state index contributed by atoms with van der Waals surface area (Å²) < 4.78 is 5.40. The maximum atomic E-state index is 12.5. The molecule has 1 aromatic heterocycles. The lowest BCUT2D eigenvalue weighted by Crippen LogP contribution is -2.33. The van der Waals surface area contributed by atoms with Gasteiger partial charge in [-0.1, -0.05) is 46.3 Å². The molecule has 1 fully saturated rings. The molecule has 0 N–H and O–H groups in total. The van der Waals surface area contributed by atoms with Gasteiger partial charge in [0.2, 0.25) is 0 Å². The summed E-state index contributed by atoms with van der Waals surface area (Å²) in [4.78, 5) is 14.2. The van der Waals surface area contributed by atoms with E-state index in [0.717, 1.165) is 11.1 Å². The summed E-state index contributed by atoms with van der Waals surface area (Å²) in [5.74, 6) is 0.530. The molecular weight excluding hydrogens is 336 g/mol. The number of carbonyl (C=O) groups excluding carboxylic acids is 1. The Bertz CT molecular complexity index is 634. The van der Waals surface area contributed by atoms with Crippen LogP contribution in [0.1, 0.15) is 17.5 Å². The molecule has 20 heavy (non-hydrogen) atoms. The van der Waals surface area contributed by atoms with Crippen LogP contribution in [0.15, 0.2) is 57.9 Å². The molecule has 2 heterocycles. The molecule has 3 rings (SSSR count). The van der Waals surface area contributed by atoms with E-state index in [1.165, 1.54) is 0 Å². The van der Waals surface area contributed by atoms with Crippen molar-refractivity contribution in [2.24, 2.45) is 0 Å². The number of rotatable bonds is 3. The summed E-state index contributed by atoms with van der Waals surface area (Å²) in [5, 5.41) is 4.05. The maximum Gasteiger partial charge on any atom is 0.322 e. The molecule has 1 saturated heterocycles. The molecule has 0 bridgehead atoms. The van der Waals surface area contributed by atoms with E-state index < -0.39 is 5.41 Å². The molecule has 1 aromatic carbocycles. The van der Waals surface area contributed by atoms with Crippen LogP contribution >= 0.6 is 27.3 Å². The molecule has 1 aliphatic rings. The monoisotopic (exact) mass is 348 g/mol. The van der Waals surface area contributed by atoms with Crippen LogP contribution in [0, 0.1) is 0 Å². The lowest BCUT2D eigenvalue weighted by atomic mass is 9.75. The van der Waals surface area contributed by atoms with Gasteiger partial charge in [-0.3, -0.25) is 4.79 Å². The van der Waals surface area contributed by atoms with Crippen molar-refractivity contribution in [1.29, 1.82) is 0 Å². The number of esters is 1. The van der Waals surface area contributed by atoms with Gasteiger partial charge in [0, 0.05) is 11.4 Å². The number of allylic oxidation sites excluding steroid dienone is 1. The second-order valence-electron chi connectivity index (χ2n) is 4.90. The summed E-state index contributed by atoms with van der Waals surface area (Å²) in [6, 6.07) is 12.1. The third kappa shape index (κ3) is 2.34. The van der Waals surface area contributed by atoms with Crippen molar-refractivity contribution in [3.63, 3.8) is 0 Å². The zero-order valence-corrected chi connectivity index (χ0v) is 13.1. The van der Waals surface area contributed by atoms with Crippen molar-refractivity contribution in [3.05, 3.63) is 69.0 Å². The number of hydrogen-bond acceptors (Lipinski definition) is 3. The highest BCUT2D eigenvalue weighted by molar-refractivity contribution is 9.11. The van der Waals surface area contributed by atoms with E-state index in [1.807, 2.05) is 35.0 Å². The van der Waals surface area contributed by atoms with Gasteiger partial charge in [-0.15, -0.1) is 0 Å². The number of carbonyl (C=O) groups is 1. The van der Waals surface area contributed by atoms with E-state index >= 15 is 0 Å². The Morgan fingerprint density at radius 3 is 2.70 bits per heavy atom. The van der Waals surface area contributed by atoms with Crippen LogP contribution < -0.4 is 0 Å². The van der Waals surface area contributed by atoms with Crippen molar-refractivity contribution >= 4 is 33.2 Å². The van der Waals surface area contributed by atoms with E-state index in [0.29, 0.717) is 18.6 Å². The smallest absolute Gasteiger partial charge is 0.322 e. The highest BCUT2D eigenvalue weighted by atomic mass is 79.9. The molecular formula is C16H13BrO2S. The third-order valence-corrected chi connectivity index (χ3v) is 4.83. The molecule has 0 radical (unpaired) electrons. The molecule has 0 unspecified atom stereocenters. The van der Waals surface area contributed by atoms with Gasteiger partial charge in [0.15, 0.2) is 0 Å². The average molecular weight is 349 g/mol. The second-order valence-corrected chi connectivity index (χ2v) is 6.14. The number of hydrogen-bond donors (Lipinski definition) is 0. The summed E-state index contributed by atoms with van der Waals surface area (Å²) in [6.07, 6.45) is 1.26. The van der Waals surface area contributed by atoms with Gasteiger partial charge in [-0.05, 0) is 34.4 Å². The molecule has 2 nitrogen and oxygen atoms in total. The Labute approximate surface area is 130 Å². The van der Waals surface area contributed by atoms with E-state index in [-0.39, 0.29) is 5.97 Å². The molecule has 0 saturated carbocycles. The van der Waals surface area contributed by atoms with Crippen LogP contribution in [0.3, 0.4) is 0 Å². The Kier molecular flexibility index (Phi) is 3.76. The van der Waals surface area contributed by atoms with Crippen molar-refractivity contribution in [3.8, 4) is 0 Å².